The molecule has 0 radical (unpaired) electrons. The van der Waals surface area contributed by atoms with E-state index in [-0.39, 0.29) is 11.4 Å². The van der Waals surface area contributed by atoms with E-state index >= 15 is 0 Å². The molecule has 0 fully saturated rings. The number of hydrogen-bond acceptors (Lipinski definition) is 6. The lowest BCUT2D eigenvalue weighted by Crippen LogP contribution is -2.35. The first-order valence-corrected chi connectivity index (χ1v) is 7.99. The number of nitro benzene ring substituents is 1. The van der Waals surface area contributed by atoms with Crippen LogP contribution in [-0.2, 0) is 14.3 Å². The van der Waals surface area contributed by atoms with Crippen molar-refractivity contribution in [1.29, 1.82) is 0 Å². The zero-order valence-electron chi connectivity index (χ0n) is 14.5. The van der Waals surface area contributed by atoms with Crippen LogP contribution in [0.1, 0.15) is 6.92 Å². The third-order valence-corrected chi connectivity index (χ3v) is 3.52. The monoisotopic (exact) mass is 376 g/mol. The Morgan fingerprint density at radius 3 is 2.26 bits per heavy atom. The highest BCUT2D eigenvalue weighted by atomic mass is 19.1. The number of hydrogen-bond donors (Lipinski definition) is 0. The smallest absolute Gasteiger partial charge is 0.344 e. The third-order valence-electron chi connectivity index (χ3n) is 3.52. The van der Waals surface area contributed by atoms with Gasteiger partial charge >= 0.3 is 5.97 Å². The zero-order chi connectivity index (χ0) is 19.8. The summed E-state index contributed by atoms with van der Waals surface area (Å²) in [4.78, 5) is 35.3. The highest BCUT2D eigenvalue weighted by Crippen LogP contribution is 2.17. The van der Waals surface area contributed by atoms with Gasteiger partial charge in [-0.25, -0.2) is 9.18 Å². The maximum absolute atomic E-state index is 13.0. The molecule has 0 spiro atoms. The lowest BCUT2D eigenvalue weighted by molar-refractivity contribution is -0.384. The highest BCUT2D eigenvalue weighted by Gasteiger charge is 2.16. The van der Waals surface area contributed by atoms with Crippen LogP contribution < -0.4 is 9.64 Å². The van der Waals surface area contributed by atoms with Crippen molar-refractivity contribution in [1.82, 2.24) is 0 Å². The quantitative estimate of drug-likeness (QED) is 0.399. The minimum absolute atomic E-state index is 0.101. The molecule has 0 aliphatic rings. The molecule has 2 aromatic rings. The average molecular weight is 376 g/mol. The van der Waals surface area contributed by atoms with Crippen LogP contribution in [0, 0.1) is 15.9 Å². The van der Waals surface area contributed by atoms with E-state index < -0.39 is 35.8 Å². The predicted octanol–water partition coefficient (Wildman–Crippen LogP) is 2.71. The van der Waals surface area contributed by atoms with E-state index in [1.807, 2.05) is 0 Å². The summed E-state index contributed by atoms with van der Waals surface area (Å²) in [6.07, 6.45) is 0. The molecule has 2 rings (SSSR count). The minimum Gasteiger partial charge on any atom is -0.482 e. The highest BCUT2D eigenvalue weighted by molar-refractivity contribution is 5.95. The van der Waals surface area contributed by atoms with Crippen LogP contribution in [-0.4, -0.2) is 36.6 Å². The van der Waals surface area contributed by atoms with E-state index in [9.17, 15) is 24.1 Å². The van der Waals surface area contributed by atoms with Crippen molar-refractivity contribution in [3.63, 3.8) is 0 Å². The van der Waals surface area contributed by atoms with Crippen molar-refractivity contribution >= 4 is 23.3 Å². The SMILES string of the molecule is CCN(C(=O)COC(=O)COc1ccc([N+](=O)[O-])cc1)c1ccc(F)cc1. The molecule has 2 aromatic carbocycles. The molecule has 9 heteroatoms. The molecule has 0 aromatic heterocycles. The number of non-ortho nitro benzene ring substituents is 1. The largest absolute Gasteiger partial charge is 0.482 e. The van der Waals surface area contributed by atoms with E-state index in [0.29, 0.717) is 12.2 Å². The summed E-state index contributed by atoms with van der Waals surface area (Å²) in [7, 11) is 0. The summed E-state index contributed by atoms with van der Waals surface area (Å²) in [6, 6.07) is 10.6. The number of halogens is 1. The Balaban J connectivity index is 1.82. The lowest BCUT2D eigenvalue weighted by Gasteiger charge is -2.20. The molecule has 0 atom stereocenters. The normalized spacial score (nSPS) is 10.1. The summed E-state index contributed by atoms with van der Waals surface area (Å²) < 4.78 is 23.0. The molecule has 0 saturated carbocycles. The molecule has 0 bridgehead atoms. The van der Waals surface area contributed by atoms with Gasteiger partial charge in [0.25, 0.3) is 11.6 Å². The number of nitro groups is 1. The zero-order valence-corrected chi connectivity index (χ0v) is 14.5. The second-order valence-electron chi connectivity index (χ2n) is 5.31. The molecule has 0 aliphatic heterocycles. The first-order valence-electron chi connectivity index (χ1n) is 7.99. The van der Waals surface area contributed by atoms with Gasteiger partial charge in [0, 0.05) is 24.4 Å². The van der Waals surface area contributed by atoms with Crippen LogP contribution in [0.25, 0.3) is 0 Å². The molecule has 27 heavy (non-hydrogen) atoms. The number of ether oxygens (including phenoxy) is 2. The van der Waals surface area contributed by atoms with Crippen molar-refractivity contribution in [2.75, 3.05) is 24.7 Å². The second kappa shape index (κ2) is 9.27. The number of likely N-dealkylation sites (N-methyl/N-ethyl adjacent to an activating group) is 1. The van der Waals surface area contributed by atoms with Crippen LogP contribution in [0.3, 0.4) is 0 Å². The van der Waals surface area contributed by atoms with Crippen molar-refractivity contribution in [3.8, 4) is 5.75 Å². The molecule has 0 unspecified atom stereocenters. The molecule has 0 heterocycles. The van der Waals surface area contributed by atoms with Gasteiger partial charge in [0.15, 0.2) is 13.2 Å². The summed E-state index contributed by atoms with van der Waals surface area (Å²) in [6.45, 7) is 1.11. The molecule has 0 saturated heterocycles. The summed E-state index contributed by atoms with van der Waals surface area (Å²) in [5.74, 6) is -1.40. The van der Waals surface area contributed by atoms with Crippen LogP contribution in [0.15, 0.2) is 48.5 Å². The van der Waals surface area contributed by atoms with Crippen LogP contribution in [0.4, 0.5) is 15.8 Å². The number of anilines is 1. The van der Waals surface area contributed by atoms with Crippen molar-refractivity contribution in [2.45, 2.75) is 6.92 Å². The minimum atomic E-state index is -0.767. The van der Waals surface area contributed by atoms with Gasteiger partial charge in [-0.3, -0.25) is 14.9 Å². The Morgan fingerprint density at radius 1 is 1.07 bits per heavy atom. The number of nitrogens with zero attached hydrogens (tertiary/aromatic N) is 2. The lowest BCUT2D eigenvalue weighted by atomic mass is 10.2. The van der Waals surface area contributed by atoms with E-state index in [0.717, 1.165) is 0 Å². The number of amides is 1. The maximum atomic E-state index is 13.0. The second-order valence-corrected chi connectivity index (χ2v) is 5.31. The predicted molar refractivity (Wildman–Crippen MR) is 94.0 cm³/mol. The molecule has 142 valence electrons. The summed E-state index contributed by atoms with van der Waals surface area (Å²) in [5, 5.41) is 10.6. The van der Waals surface area contributed by atoms with Gasteiger partial charge in [-0.2, -0.15) is 0 Å². The Hall–Kier alpha value is -3.49. The molecule has 1 amide bonds. The Morgan fingerprint density at radius 2 is 1.70 bits per heavy atom. The number of esters is 1. The number of carbonyl (C=O) groups is 2. The maximum Gasteiger partial charge on any atom is 0.344 e. The molecular weight excluding hydrogens is 359 g/mol. The van der Waals surface area contributed by atoms with Crippen LogP contribution in [0.5, 0.6) is 5.75 Å². The summed E-state index contributed by atoms with van der Waals surface area (Å²) >= 11 is 0. The summed E-state index contributed by atoms with van der Waals surface area (Å²) in [5.41, 5.74) is 0.387. The van der Waals surface area contributed by atoms with Crippen molar-refractivity contribution in [2.24, 2.45) is 0 Å². The first-order chi connectivity index (χ1) is 12.9. The van der Waals surface area contributed by atoms with E-state index in [4.69, 9.17) is 9.47 Å². The van der Waals surface area contributed by atoms with Gasteiger partial charge in [0.05, 0.1) is 4.92 Å². The molecule has 0 aliphatic carbocycles. The topological polar surface area (TPSA) is 99.0 Å². The Bertz CT molecular complexity index is 808. The number of benzene rings is 2. The standard InChI is InChI=1S/C18H17FN2O6/c1-2-20(14-5-3-13(19)4-6-14)17(22)11-27-18(23)12-26-16-9-7-15(8-10-16)21(24)25/h3-10H,2,11-12H2,1H3. The van der Waals surface area contributed by atoms with E-state index in [2.05, 4.69) is 0 Å². The number of rotatable bonds is 8. The molecular formula is C18H17FN2O6. The van der Waals surface area contributed by atoms with Gasteiger partial charge in [-0.1, -0.05) is 0 Å². The van der Waals surface area contributed by atoms with Gasteiger partial charge in [-0.15, -0.1) is 0 Å². The van der Waals surface area contributed by atoms with Crippen molar-refractivity contribution in [3.05, 3.63) is 64.5 Å². The number of carbonyl (C=O) groups excluding carboxylic acids is 2. The fourth-order valence-electron chi connectivity index (χ4n) is 2.19. The third kappa shape index (κ3) is 5.77. The molecule has 8 nitrogen and oxygen atoms in total. The Labute approximate surface area is 154 Å². The van der Waals surface area contributed by atoms with Crippen molar-refractivity contribution < 1.29 is 28.4 Å². The molecule has 0 N–H and O–H groups in total. The first kappa shape index (κ1) is 19.8. The fraction of sp³-hybridized carbons (Fsp3) is 0.222. The fourth-order valence-corrected chi connectivity index (χ4v) is 2.19. The van der Waals surface area contributed by atoms with Gasteiger partial charge < -0.3 is 14.4 Å². The van der Waals surface area contributed by atoms with Crippen LogP contribution >= 0.6 is 0 Å². The average Bonchev–Trinajstić information content (AvgIpc) is 2.67. The van der Waals surface area contributed by atoms with Gasteiger partial charge in [0.2, 0.25) is 0 Å². The van der Waals surface area contributed by atoms with Crippen LogP contribution in [0.2, 0.25) is 0 Å². The van der Waals surface area contributed by atoms with E-state index in [1.54, 1.807) is 6.92 Å². The van der Waals surface area contributed by atoms with E-state index in [1.165, 1.54) is 53.4 Å². The van der Waals surface area contributed by atoms with Gasteiger partial charge in [-0.05, 0) is 43.3 Å². The van der Waals surface area contributed by atoms with Gasteiger partial charge in [0.1, 0.15) is 11.6 Å². The Kier molecular flexibility index (Phi) is 6.81.